The molecule has 0 atom stereocenters. The van der Waals surface area contributed by atoms with Gasteiger partial charge in [-0.05, 0) is 86.0 Å². The number of urea groups is 1. The van der Waals surface area contributed by atoms with E-state index in [4.69, 9.17) is 4.74 Å². The molecule has 1 N–H and O–H groups in total. The van der Waals surface area contributed by atoms with Gasteiger partial charge >= 0.3 is 6.03 Å². The van der Waals surface area contributed by atoms with Crippen molar-refractivity contribution < 1.29 is 19.1 Å². The van der Waals surface area contributed by atoms with Crippen molar-refractivity contribution in [2.75, 3.05) is 4.90 Å². The lowest BCUT2D eigenvalue weighted by molar-refractivity contribution is -0.122. The normalized spacial score (nSPS) is 14.2. The lowest BCUT2D eigenvalue weighted by atomic mass is 10.1. The molecule has 1 fully saturated rings. The molecule has 1 aliphatic rings. The first-order valence-electron chi connectivity index (χ1n) is 13.2. The maximum Gasteiger partial charge on any atom is 0.335 e. The third-order valence-corrected chi connectivity index (χ3v) is 7.10. The summed E-state index contributed by atoms with van der Waals surface area (Å²) in [6.45, 7) is 6.14. The number of imide groups is 2. The fraction of sp³-hybridized carbons (Fsp3) is 0.152. The van der Waals surface area contributed by atoms with E-state index in [1.807, 2.05) is 86.0 Å². The van der Waals surface area contributed by atoms with E-state index in [1.165, 1.54) is 6.08 Å². The van der Waals surface area contributed by atoms with Crippen molar-refractivity contribution in [3.63, 3.8) is 0 Å². The Bertz CT molecular complexity index is 1720. The zero-order chi connectivity index (χ0) is 29.1. The van der Waals surface area contributed by atoms with Crippen LogP contribution in [-0.4, -0.2) is 22.4 Å². The Balaban J connectivity index is 1.39. The number of hydrogen-bond donors (Lipinski definition) is 1. The molecule has 8 heteroatoms. The molecular formula is C33H28N4O4. The summed E-state index contributed by atoms with van der Waals surface area (Å²) in [6.07, 6.45) is 2.35. The number of nitrogens with zero attached hydrogens (tertiary/aromatic N) is 3. The summed E-state index contributed by atoms with van der Waals surface area (Å²) in [4.78, 5) is 39.7. The van der Waals surface area contributed by atoms with Crippen LogP contribution in [0.25, 0.3) is 11.8 Å². The molecule has 0 saturated carbocycles. The monoisotopic (exact) mass is 544 g/mol. The lowest BCUT2D eigenvalue weighted by Gasteiger charge is -2.26. The Hall–Kier alpha value is -5.42. The molecule has 1 aliphatic heterocycles. The first-order chi connectivity index (χ1) is 19.8. The molecule has 5 rings (SSSR count). The number of carbonyl (C=O) groups excluding carboxylic acids is 3. The van der Waals surface area contributed by atoms with Crippen LogP contribution in [0.1, 0.15) is 40.6 Å². The van der Waals surface area contributed by atoms with Crippen molar-refractivity contribution in [3.05, 3.63) is 118 Å². The average molecular weight is 545 g/mol. The van der Waals surface area contributed by atoms with Crippen molar-refractivity contribution in [3.8, 4) is 17.5 Å². The van der Waals surface area contributed by atoms with Gasteiger partial charge in [-0.1, -0.05) is 37.3 Å². The van der Waals surface area contributed by atoms with Gasteiger partial charge < -0.3 is 9.30 Å². The minimum Gasteiger partial charge on any atom is -0.489 e. The van der Waals surface area contributed by atoms with E-state index < -0.39 is 17.8 Å². The van der Waals surface area contributed by atoms with E-state index >= 15 is 0 Å². The van der Waals surface area contributed by atoms with Gasteiger partial charge in [-0.3, -0.25) is 14.9 Å². The molecule has 0 spiro atoms. The fourth-order valence-corrected chi connectivity index (χ4v) is 4.87. The molecule has 0 unspecified atom stereocenters. The molecule has 4 aromatic rings. The number of barbiturate groups is 1. The van der Waals surface area contributed by atoms with Gasteiger partial charge in [-0.2, -0.15) is 5.26 Å². The SMILES string of the molecule is CCc1ccc(N2C(=O)NC(=O)/C(=C/c3cc(C)n(-c4ccc(OCc5ccccc5C#N)cc4)c3C)C2=O)cc1. The maximum atomic E-state index is 13.4. The summed E-state index contributed by atoms with van der Waals surface area (Å²) in [7, 11) is 0. The number of ether oxygens (including phenoxy) is 1. The zero-order valence-electron chi connectivity index (χ0n) is 23.0. The number of rotatable bonds is 7. The van der Waals surface area contributed by atoms with Crippen LogP contribution >= 0.6 is 0 Å². The molecule has 4 amide bonds. The molecule has 41 heavy (non-hydrogen) atoms. The van der Waals surface area contributed by atoms with Gasteiger partial charge in [0.15, 0.2) is 0 Å². The van der Waals surface area contributed by atoms with Crippen LogP contribution in [0.15, 0.2) is 84.4 Å². The Morgan fingerprint density at radius 2 is 1.61 bits per heavy atom. The summed E-state index contributed by atoms with van der Waals surface area (Å²) < 4.78 is 7.91. The number of anilines is 1. The summed E-state index contributed by atoms with van der Waals surface area (Å²) in [5, 5.41) is 11.6. The molecular weight excluding hydrogens is 516 g/mol. The van der Waals surface area contributed by atoms with Crippen LogP contribution in [0, 0.1) is 25.2 Å². The predicted molar refractivity (Wildman–Crippen MR) is 156 cm³/mol. The van der Waals surface area contributed by atoms with Crippen molar-refractivity contribution in [2.24, 2.45) is 0 Å². The van der Waals surface area contributed by atoms with E-state index in [1.54, 1.807) is 18.2 Å². The Kier molecular flexibility index (Phi) is 7.53. The standard InChI is InChI=1S/C33H28N4O4/c1-4-23-9-11-28(12-10-23)37-32(39)30(31(38)35-33(37)40)18-26-17-21(2)36(22(26)3)27-13-15-29(16-14-27)41-20-25-8-6-5-7-24(25)19-34/h5-18H,4,20H2,1-3H3,(H,35,38,40)/b30-18-. The minimum atomic E-state index is -0.773. The number of benzene rings is 3. The van der Waals surface area contributed by atoms with E-state index in [9.17, 15) is 19.6 Å². The minimum absolute atomic E-state index is 0.120. The van der Waals surface area contributed by atoms with Crippen molar-refractivity contribution in [1.29, 1.82) is 5.26 Å². The van der Waals surface area contributed by atoms with Gasteiger partial charge in [-0.15, -0.1) is 0 Å². The number of aromatic nitrogens is 1. The third kappa shape index (κ3) is 5.38. The van der Waals surface area contributed by atoms with E-state index in [0.717, 1.165) is 39.5 Å². The number of carbonyl (C=O) groups is 3. The van der Waals surface area contributed by atoms with Gasteiger partial charge in [0.05, 0.1) is 17.3 Å². The first-order valence-corrected chi connectivity index (χ1v) is 13.2. The van der Waals surface area contributed by atoms with E-state index in [-0.39, 0.29) is 12.2 Å². The van der Waals surface area contributed by atoms with Crippen molar-refractivity contribution in [1.82, 2.24) is 9.88 Å². The number of nitrogens with one attached hydrogen (secondary N) is 1. The van der Waals surface area contributed by atoms with Gasteiger partial charge in [0.2, 0.25) is 0 Å². The van der Waals surface area contributed by atoms with Crippen molar-refractivity contribution >= 4 is 29.6 Å². The highest BCUT2D eigenvalue weighted by Crippen LogP contribution is 2.27. The number of hydrogen-bond acceptors (Lipinski definition) is 5. The molecule has 2 heterocycles. The van der Waals surface area contributed by atoms with Gasteiger partial charge in [-0.25, -0.2) is 9.69 Å². The Labute approximate surface area is 238 Å². The lowest BCUT2D eigenvalue weighted by Crippen LogP contribution is -2.54. The van der Waals surface area contributed by atoms with Gasteiger partial charge in [0, 0.05) is 22.6 Å². The third-order valence-electron chi connectivity index (χ3n) is 7.10. The largest absolute Gasteiger partial charge is 0.489 e. The van der Waals surface area contributed by atoms with E-state index in [0.29, 0.717) is 22.6 Å². The predicted octanol–water partition coefficient (Wildman–Crippen LogP) is 5.77. The maximum absolute atomic E-state index is 13.4. The molecule has 0 aliphatic carbocycles. The second kappa shape index (κ2) is 11.4. The number of amides is 4. The second-order valence-corrected chi connectivity index (χ2v) is 9.69. The number of nitriles is 1. The van der Waals surface area contributed by atoms with Crippen LogP contribution in [0.3, 0.4) is 0 Å². The Morgan fingerprint density at radius 1 is 0.927 bits per heavy atom. The molecule has 204 valence electrons. The topological polar surface area (TPSA) is 104 Å². The summed E-state index contributed by atoms with van der Waals surface area (Å²) in [6, 6.07) is 25.3. The molecule has 8 nitrogen and oxygen atoms in total. The van der Waals surface area contributed by atoms with Crippen LogP contribution in [0.5, 0.6) is 5.75 Å². The Morgan fingerprint density at radius 3 is 2.29 bits per heavy atom. The molecule has 1 saturated heterocycles. The molecule has 0 bridgehead atoms. The summed E-state index contributed by atoms with van der Waals surface area (Å²) >= 11 is 0. The van der Waals surface area contributed by atoms with Gasteiger partial charge in [0.1, 0.15) is 17.9 Å². The van der Waals surface area contributed by atoms with Gasteiger partial charge in [0.25, 0.3) is 11.8 Å². The smallest absolute Gasteiger partial charge is 0.335 e. The van der Waals surface area contributed by atoms with E-state index in [2.05, 4.69) is 11.4 Å². The highest BCUT2D eigenvalue weighted by atomic mass is 16.5. The number of aryl methyl sites for hydroxylation is 2. The zero-order valence-corrected chi connectivity index (χ0v) is 23.0. The van der Waals surface area contributed by atoms with Crippen LogP contribution in [0.2, 0.25) is 0 Å². The van der Waals surface area contributed by atoms with Crippen LogP contribution in [-0.2, 0) is 22.6 Å². The summed E-state index contributed by atoms with van der Waals surface area (Å²) in [5.41, 5.74) is 6.02. The quantitative estimate of drug-likeness (QED) is 0.235. The molecule has 1 aromatic heterocycles. The highest BCUT2D eigenvalue weighted by molar-refractivity contribution is 6.39. The molecule has 0 radical (unpaired) electrons. The highest BCUT2D eigenvalue weighted by Gasteiger charge is 2.37. The van der Waals surface area contributed by atoms with Crippen molar-refractivity contribution in [2.45, 2.75) is 33.8 Å². The van der Waals surface area contributed by atoms with Crippen LogP contribution in [0.4, 0.5) is 10.5 Å². The second-order valence-electron chi connectivity index (χ2n) is 9.69. The summed E-state index contributed by atoms with van der Waals surface area (Å²) in [5.74, 6) is -0.745. The average Bonchev–Trinajstić information content (AvgIpc) is 3.26. The molecule has 3 aromatic carbocycles. The fourth-order valence-electron chi connectivity index (χ4n) is 4.87. The van der Waals surface area contributed by atoms with Crippen LogP contribution < -0.4 is 15.0 Å². The first kappa shape index (κ1) is 27.2.